The molecule has 3 heterocycles. The number of rotatable bonds is 0. The molecule has 0 aromatic heterocycles. The third-order valence-corrected chi connectivity index (χ3v) is 5.79. The fourth-order valence-electron chi connectivity index (χ4n) is 2.32. The van der Waals surface area contributed by atoms with E-state index in [-0.39, 0.29) is 33.4 Å². The summed E-state index contributed by atoms with van der Waals surface area (Å²) in [6.07, 6.45) is 6.90. The quantitative estimate of drug-likeness (QED) is 0.389. The molecular formula is C18H28Br2O5. The van der Waals surface area contributed by atoms with E-state index >= 15 is 0 Å². The van der Waals surface area contributed by atoms with Gasteiger partial charge in [0.1, 0.15) is 12.2 Å². The first-order valence-electron chi connectivity index (χ1n) is 8.70. The molecule has 0 bridgehead atoms. The fraction of sp³-hybridized carbons (Fsp3) is 0.778. The molecule has 0 aliphatic carbocycles. The highest BCUT2D eigenvalue weighted by molar-refractivity contribution is 9.10. The van der Waals surface area contributed by atoms with Gasteiger partial charge in [0, 0.05) is 13.2 Å². The Morgan fingerprint density at radius 2 is 1.32 bits per heavy atom. The number of carbonyl (C=O) groups is 2. The zero-order valence-electron chi connectivity index (χ0n) is 15.1. The average molecular weight is 484 g/mol. The summed E-state index contributed by atoms with van der Waals surface area (Å²) in [6.45, 7) is 7.92. The van der Waals surface area contributed by atoms with E-state index in [9.17, 15) is 9.59 Å². The van der Waals surface area contributed by atoms with Crippen molar-refractivity contribution < 1.29 is 23.8 Å². The van der Waals surface area contributed by atoms with Crippen LogP contribution < -0.4 is 0 Å². The van der Waals surface area contributed by atoms with E-state index in [1.165, 1.54) is 0 Å². The van der Waals surface area contributed by atoms with Crippen LogP contribution in [-0.2, 0) is 23.8 Å². The molecule has 0 aromatic carbocycles. The van der Waals surface area contributed by atoms with Gasteiger partial charge in [0.15, 0.2) is 11.6 Å². The van der Waals surface area contributed by atoms with Crippen LogP contribution in [0.5, 0.6) is 0 Å². The summed E-state index contributed by atoms with van der Waals surface area (Å²) in [6, 6.07) is 0. The molecule has 2 fully saturated rings. The lowest BCUT2D eigenvalue weighted by atomic mass is 10.1. The van der Waals surface area contributed by atoms with Crippen molar-refractivity contribution in [1.82, 2.24) is 0 Å². The molecule has 5 nitrogen and oxygen atoms in total. The Hall–Kier alpha value is -0.0800. The molecule has 0 spiro atoms. The van der Waals surface area contributed by atoms with Crippen LogP contribution in [0.25, 0.3) is 0 Å². The lowest BCUT2D eigenvalue weighted by Gasteiger charge is -2.21. The monoisotopic (exact) mass is 482 g/mol. The summed E-state index contributed by atoms with van der Waals surface area (Å²) in [5.74, 6) is 0.336. The number of ether oxygens (including phenoxy) is 3. The number of alkyl halides is 2. The Kier molecular flexibility index (Phi) is 11.3. The molecule has 2 saturated heterocycles. The molecule has 0 radical (unpaired) electrons. The van der Waals surface area contributed by atoms with Gasteiger partial charge in [-0.25, -0.2) is 0 Å². The largest absolute Gasteiger partial charge is 0.374 e. The smallest absolute Gasteiger partial charge is 0.174 e. The number of Topliss-reactive ketones (excluding diaryl/α,β-unsaturated/α-hetero) is 2. The Balaban J connectivity index is 0.000000189. The number of ketones is 2. The van der Waals surface area contributed by atoms with Crippen LogP contribution in [0.15, 0.2) is 12.2 Å². The van der Waals surface area contributed by atoms with E-state index in [0.717, 1.165) is 25.9 Å². The molecular weight excluding hydrogens is 456 g/mol. The summed E-state index contributed by atoms with van der Waals surface area (Å²) in [5.41, 5.74) is 0. The molecule has 0 amide bonds. The van der Waals surface area contributed by atoms with Gasteiger partial charge in [0.05, 0.1) is 22.4 Å². The molecule has 5 unspecified atom stereocenters. The van der Waals surface area contributed by atoms with Crippen LogP contribution in [0.2, 0.25) is 0 Å². The lowest BCUT2D eigenvalue weighted by Crippen LogP contribution is -2.34. The first kappa shape index (κ1) is 23.0. The van der Waals surface area contributed by atoms with Crippen molar-refractivity contribution in [3.05, 3.63) is 12.2 Å². The van der Waals surface area contributed by atoms with Crippen molar-refractivity contribution in [2.45, 2.75) is 68.0 Å². The first-order chi connectivity index (χ1) is 11.8. The van der Waals surface area contributed by atoms with Crippen molar-refractivity contribution in [2.24, 2.45) is 0 Å². The van der Waals surface area contributed by atoms with Gasteiger partial charge < -0.3 is 14.2 Å². The molecule has 144 valence electrons. The second-order valence-electron chi connectivity index (χ2n) is 6.14. The second-order valence-corrected chi connectivity index (χ2v) is 8.35. The van der Waals surface area contributed by atoms with E-state index in [4.69, 9.17) is 14.2 Å². The summed E-state index contributed by atoms with van der Waals surface area (Å²) in [7, 11) is 0. The third-order valence-electron chi connectivity index (χ3n) is 3.97. The summed E-state index contributed by atoms with van der Waals surface area (Å²) in [4.78, 5) is 22.0. The molecule has 3 aliphatic heterocycles. The van der Waals surface area contributed by atoms with Gasteiger partial charge in [-0.05, 0) is 40.0 Å². The van der Waals surface area contributed by atoms with E-state index < -0.39 is 0 Å². The zero-order chi connectivity index (χ0) is 18.8. The fourth-order valence-corrected chi connectivity index (χ4v) is 3.44. The minimum atomic E-state index is -0.205. The van der Waals surface area contributed by atoms with E-state index in [1.54, 1.807) is 13.8 Å². The molecule has 5 atom stereocenters. The van der Waals surface area contributed by atoms with Crippen LogP contribution in [0.4, 0.5) is 0 Å². The van der Waals surface area contributed by atoms with Crippen LogP contribution in [0.3, 0.4) is 0 Å². The molecule has 0 saturated carbocycles. The SMILES string of the molecule is CC1C=CCCO1.CC1OCCC(Br)C1=O.CC1OCCC(Br)C1=O. The number of carbonyl (C=O) groups excluding carboxylic acids is 2. The van der Waals surface area contributed by atoms with Crippen molar-refractivity contribution in [1.29, 1.82) is 0 Å². The highest BCUT2D eigenvalue weighted by Crippen LogP contribution is 2.16. The van der Waals surface area contributed by atoms with Gasteiger partial charge in [-0.2, -0.15) is 0 Å². The average Bonchev–Trinajstić information content (AvgIpc) is 2.59. The van der Waals surface area contributed by atoms with Gasteiger partial charge in [-0.3, -0.25) is 9.59 Å². The third kappa shape index (κ3) is 8.91. The number of hydrogen-bond donors (Lipinski definition) is 0. The second kappa shape index (κ2) is 12.3. The van der Waals surface area contributed by atoms with Gasteiger partial charge >= 0.3 is 0 Å². The van der Waals surface area contributed by atoms with Gasteiger partial charge in [0.25, 0.3) is 0 Å². The minimum Gasteiger partial charge on any atom is -0.374 e. The van der Waals surface area contributed by atoms with Crippen molar-refractivity contribution in [3.8, 4) is 0 Å². The van der Waals surface area contributed by atoms with Crippen LogP contribution in [0.1, 0.15) is 40.0 Å². The zero-order valence-corrected chi connectivity index (χ0v) is 18.3. The predicted molar refractivity (Wildman–Crippen MR) is 105 cm³/mol. The summed E-state index contributed by atoms with van der Waals surface area (Å²) in [5, 5.41) is 0. The standard InChI is InChI=1S/2C6H9BrO2.C6H10O/c2*1-4-6(8)5(7)2-3-9-4;1-6-4-2-3-5-7-6/h2*4-5H,2-3H2,1H3;2,4,6H,3,5H2,1H3. The predicted octanol–water partition coefficient (Wildman–Crippen LogP) is 3.61. The molecule has 0 N–H and O–H groups in total. The highest BCUT2D eigenvalue weighted by atomic mass is 79.9. The number of halogens is 2. The molecule has 7 heteroatoms. The Bertz CT molecular complexity index is 401. The maximum atomic E-state index is 11.0. The molecule has 3 rings (SSSR count). The van der Waals surface area contributed by atoms with E-state index in [1.807, 2.05) is 0 Å². The molecule has 3 aliphatic rings. The van der Waals surface area contributed by atoms with Gasteiger partial charge in [0.2, 0.25) is 0 Å². The van der Waals surface area contributed by atoms with E-state index in [0.29, 0.717) is 19.3 Å². The first-order valence-corrected chi connectivity index (χ1v) is 10.5. The van der Waals surface area contributed by atoms with Crippen LogP contribution >= 0.6 is 31.9 Å². The van der Waals surface area contributed by atoms with Crippen molar-refractivity contribution in [2.75, 3.05) is 19.8 Å². The normalized spacial score (nSPS) is 35.2. The Labute approximate surface area is 167 Å². The maximum Gasteiger partial charge on any atom is 0.174 e. The Morgan fingerprint density at radius 3 is 1.56 bits per heavy atom. The summed E-state index contributed by atoms with van der Waals surface area (Å²) < 4.78 is 15.4. The topological polar surface area (TPSA) is 61.8 Å². The highest BCUT2D eigenvalue weighted by Gasteiger charge is 2.26. The molecule has 0 aromatic rings. The van der Waals surface area contributed by atoms with Gasteiger partial charge in [-0.15, -0.1) is 0 Å². The number of hydrogen-bond acceptors (Lipinski definition) is 5. The van der Waals surface area contributed by atoms with Crippen LogP contribution in [-0.4, -0.2) is 59.4 Å². The van der Waals surface area contributed by atoms with Crippen molar-refractivity contribution in [3.63, 3.8) is 0 Å². The lowest BCUT2D eigenvalue weighted by molar-refractivity contribution is -0.133. The van der Waals surface area contributed by atoms with Crippen molar-refractivity contribution >= 4 is 43.4 Å². The Morgan fingerprint density at radius 1 is 0.840 bits per heavy atom. The summed E-state index contributed by atoms with van der Waals surface area (Å²) >= 11 is 6.53. The molecule has 25 heavy (non-hydrogen) atoms. The minimum absolute atomic E-state index is 0.0289. The van der Waals surface area contributed by atoms with Crippen LogP contribution in [0, 0.1) is 0 Å². The van der Waals surface area contributed by atoms with Gasteiger partial charge in [-0.1, -0.05) is 44.0 Å². The maximum absolute atomic E-state index is 11.0. The van der Waals surface area contributed by atoms with E-state index in [2.05, 4.69) is 50.9 Å².